The lowest BCUT2D eigenvalue weighted by Crippen LogP contribution is -2.08. The van der Waals surface area contributed by atoms with Gasteiger partial charge in [-0.15, -0.1) is 0 Å². The van der Waals surface area contributed by atoms with E-state index in [1.54, 1.807) is 0 Å². The average Bonchev–Trinajstić information content (AvgIpc) is 2.46. The molecule has 1 nitrogen and oxygen atoms in total. The van der Waals surface area contributed by atoms with E-state index in [-0.39, 0.29) is 0 Å². The summed E-state index contributed by atoms with van der Waals surface area (Å²) in [6, 6.07) is 2.13. The van der Waals surface area contributed by atoms with E-state index in [4.69, 9.17) is 0 Å². The molecule has 0 aromatic heterocycles. The van der Waals surface area contributed by atoms with Crippen molar-refractivity contribution in [1.82, 2.24) is 0 Å². The van der Waals surface area contributed by atoms with Crippen LogP contribution < -0.4 is 4.74 Å². The van der Waals surface area contributed by atoms with Crippen LogP contribution in [0, 0.1) is 34.9 Å². The van der Waals surface area contributed by atoms with Gasteiger partial charge in [0, 0.05) is 5.56 Å². The third kappa shape index (κ3) is 2.58. The molecule has 2 aromatic rings. The molecule has 0 aliphatic carbocycles. The standard InChI is InChI=1S/C13H4F8O/c14-5-3-1-2-4(12(5)22-13(20)21)6-7(15)9(17)11(19)10(18)8(6)16/h1-3,13H. The summed E-state index contributed by atoms with van der Waals surface area (Å²) in [4.78, 5) is 0. The van der Waals surface area contributed by atoms with Gasteiger partial charge in [-0.3, -0.25) is 0 Å². The summed E-state index contributed by atoms with van der Waals surface area (Å²) in [5.74, 6) is -14.4. The van der Waals surface area contributed by atoms with E-state index in [0.29, 0.717) is 12.1 Å². The normalized spacial score (nSPS) is 11.1. The van der Waals surface area contributed by atoms with E-state index in [2.05, 4.69) is 4.74 Å². The van der Waals surface area contributed by atoms with E-state index < -0.39 is 58.4 Å². The van der Waals surface area contributed by atoms with Crippen molar-refractivity contribution in [2.45, 2.75) is 6.61 Å². The first kappa shape index (κ1) is 16.1. The molecule has 0 radical (unpaired) electrons. The van der Waals surface area contributed by atoms with Crippen molar-refractivity contribution in [3.63, 3.8) is 0 Å². The van der Waals surface area contributed by atoms with Crippen LogP contribution in [-0.2, 0) is 0 Å². The van der Waals surface area contributed by atoms with Crippen molar-refractivity contribution < 1.29 is 39.9 Å². The average molecular weight is 328 g/mol. The molecule has 0 bridgehead atoms. The molecule has 0 aliphatic heterocycles. The lowest BCUT2D eigenvalue weighted by atomic mass is 10.0. The minimum absolute atomic E-state index is 0.618. The van der Waals surface area contributed by atoms with Gasteiger partial charge in [0.2, 0.25) is 5.82 Å². The second-order valence-electron chi connectivity index (χ2n) is 3.94. The summed E-state index contributed by atoms with van der Waals surface area (Å²) in [6.45, 7) is -3.57. The summed E-state index contributed by atoms with van der Waals surface area (Å²) in [5.41, 5.74) is -2.60. The van der Waals surface area contributed by atoms with Crippen LogP contribution >= 0.6 is 0 Å². The number of alkyl halides is 2. The summed E-state index contributed by atoms with van der Waals surface area (Å²) >= 11 is 0. The van der Waals surface area contributed by atoms with Crippen LogP contribution in [0.25, 0.3) is 11.1 Å². The van der Waals surface area contributed by atoms with Crippen molar-refractivity contribution in [3.05, 3.63) is 53.1 Å². The zero-order chi connectivity index (χ0) is 16.6. The molecule has 2 rings (SSSR count). The van der Waals surface area contributed by atoms with E-state index in [1.165, 1.54) is 0 Å². The van der Waals surface area contributed by atoms with Crippen molar-refractivity contribution in [3.8, 4) is 16.9 Å². The number of hydrogen-bond donors (Lipinski definition) is 0. The Hall–Kier alpha value is -2.32. The topological polar surface area (TPSA) is 9.23 Å². The van der Waals surface area contributed by atoms with Gasteiger partial charge in [0.05, 0.1) is 5.56 Å². The number of rotatable bonds is 3. The van der Waals surface area contributed by atoms with Crippen molar-refractivity contribution in [2.24, 2.45) is 0 Å². The lowest BCUT2D eigenvalue weighted by molar-refractivity contribution is -0.0518. The summed E-state index contributed by atoms with van der Waals surface area (Å²) in [7, 11) is 0. The van der Waals surface area contributed by atoms with E-state index >= 15 is 0 Å². The molecule has 0 saturated heterocycles. The van der Waals surface area contributed by atoms with Crippen LogP contribution in [0.2, 0.25) is 0 Å². The highest BCUT2D eigenvalue weighted by Crippen LogP contribution is 2.38. The smallest absolute Gasteiger partial charge is 0.387 e. The molecule has 0 unspecified atom stereocenters. The molecule has 0 heterocycles. The van der Waals surface area contributed by atoms with Gasteiger partial charge in [-0.05, 0) is 6.07 Å². The molecule has 0 fully saturated rings. The minimum Gasteiger partial charge on any atom is -0.431 e. The first-order chi connectivity index (χ1) is 10.3. The Bertz CT molecular complexity index is 699. The molecule has 0 spiro atoms. The van der Waals surface area contributed by atoms with E-state index in [9.17, 15) is 35.1 Å². The maximum atomic E-state index is 13.7. The molecule has 0 amide bonds. The summed E-state index contributed by atoms with van der Waals surface area (Å²) in [5, 5.41) is 0. The van der Waals surface area contributed by atoms with Crippen molar-refractivity contribution in [1.29, 1.82) is 0 Å². The lowest BCUT2D eigenvalue weighted by Gasteiger charge is -2.14. The maximum absolute atomic E-state index is 13.7. The molecule has 0 aliphatic rings. The van der Waals surface area contributed by atoms with Crippen LogP contribution in [0.3, 0.4) is 0 Å². The molecule has 0 saturated carbocycles. The van der Waals surface area contributed by atoms with Gasteiger partial charge in [0.15, 0.2) is 34.8 Å². The van der Waals surface area contributed by atoms with Crippen LogP contribution in [0.15, 0.2) is 18.2 Å². The number of benzene rings is 2. The van der Waals surface area contributed by atoms with Crippen LogP contribution in [-0.4, -0.2) is 6.61 Å². The largest absolute Gasteiger partial charge is 0.431 e. The molecule has 2 aromatic carbocycles. The highest BCUT2D eigenvalue weighted by molar-refractivity contribution is 5.72. The van der Waals surface area contributed by atoms with Crippen molar-refractivity contribution >= 4 is 0 Å². The minimum atomic E-state index is -3.57. The first-order valence-corrected chi connectivity index (χ1v) is 5.50. The summed E-state index contributed by atoms with van der Waals surface area (Å²) in [6.07, 6.45) is 0. The first-order valence-electron chi connectivity index (χ1n) is 5.50. The van der Waals surface area contributed by atoms with Gasteiger partial charge in [-0.25, -0.2) is 26.3 Å². The fourth-order valence-electron chi connectivity index (χ4n) is 1.76. The van der Waals surface area contributed by atoms with Gasteiger partial charge < -0.3 is 4.74 Å². The Morgan fingerprint density at radius 1 is 0.727 bits per heavy atom. The number of hydrogen-bond acceptors (Lipinski definition) is 1. The fraction of sp³-hybridized carbons (Fsp3) is 0.0769. The van der Waals surface area contributed by atoms with Gasteiger partial charge in [0.1, 0.15) is 0 Å². The molecule has 0 N–H and O–H groups in total. The van der Waals surface area contributed by atoms with Gasteiger partial charge >= 0.3 is 6.61 Å². The number of halogens is 8. The molecule has 9 heteroatoms. The fourth-order valence-corrected chi connectivity index (χ4v) is 1.76. The molecule has 22 heavy (non-hydrogen) atoms. The monoisotopic (exact) mass is 328 g/mol. The quantitative estimate of drug-likeness (QED) is 0.447. The van der Waals surface area contributed by atoms with Crippen LogP contribution in [0.1, 0.15) is 0 Å². The predicted octanol–water partition coefficient (Wildman–Crippen LogP) is 4.79. The molecular weight excluding hydrogens is 324 g/mol. The highest BCUT2D eigenvalue weighted by atomic mass is 19.3. The Morgan fingerprint density at radius 3 is 1.73 bits per heavy atom. The van der Waals surface area contributed by atoms with Gasteiger partial charge in [0.25, 0.3) is 0 Å². The summed E-state index contributed by atoms with van der Waals surface area (Å²) < 4.78 is 108. The Kier molecular flexibility index (Phi) is 4.25. The van der Waals surface area contributed by atoms with E-state index in [0.717, 1.165) is 6.07 Å². The zero-order valence-electron chi connectivity index (χ0n) is 10.2. The molecular formula is C13H4F8O. The SMILES string of the molecule is Fc1cccc(-c2c(F)c(F)c(F)c(F)c2F)c1OC(F)F. The third-order valence-electron chi connectivity index (χ3n) is 2.65. The predicted molar refractivity (Wildman–Crippen MR) is 58.3 cm³/mol. The maximum Gasteiger partial charge on any atom is 0.387 e. The highest BCUT2D eigenvalue weighted by Gasteiger charge is 2.29. The van der Waals surface area contributed by atoms with E-state index in [1.807, 2.05) is 0 Å². The third-order valence-corrected chi connectivity index (χ3v) is 2.65. The number of para-hydroxylation sites is 1. The Labute approximate surface area is 117 Å². The molecule has 0 atom stereocenters. The van der Waals surface area contributed by atoms with Gasteiger partial charge in [-0.2, -0.15) is 8.78 Å². The Balaban J connectivity index is 2.81. The zero-order valence-corrected chi connectivity index (χ0v) is 10.2. The second-order valence-corrected chi connectivity index (χ2v) is 3.94. The Morgan fingerprint density at radius 2 is 1.23 bits per heavy atom. The van der Waals surface area contributed by atoms with Gasteiger partial charge in [-0.1, -0.05) is 12.1 Å². The second kappa shape index (κ2) is 5.82. The van der Waals surface area contributed by atoms with Crippen molar-refractivity contribution in [2.75, 3.05) is 0 Å². The number of ether oxygens (including phenoxy) is 1. The molecule has 118 valence electrons. The van der Waals surface area contributed by atoms with Crippen LogP contribution in [0.4, 0.5) is 35.1 Å². The van der Waals surface area contributed by atoms with Crippen LogP contribution in [0.5, 0.6) is 5.75 Å².